The van der Waals surface area contributed by atoms with Crippen LogP contribution in [0.15, 0.2) is 35.5 Å². The summed E-state index contributed by atoms with van der Waals surface area (Å²) in [6.07, 6.45) is 1.87. The Labute approximate surface area is 105 Å². The third kappa shape index (κ3) is 3.55. The number of aliphatic imine (C=N–C) groups is 1. The molecule has 0 heterocycles. The first-order chi connectivity index (χ1) is 7.86. The maximum absolute atomic E-state index is 3.91. The van der Waals surface area contributed by atoms with Gasteiger partial charge in [0.1, 0.15) is 0 Å². The molecule has 0 unspecified atom stereocenters. The minimum absolute atomic E-state index is 0.180. The van der Waals surface area contributed by atoms with E-state index in [-0.39, 0.29) is 5.41 Å². The van der Waals surface area contributed by atoms with Crippen LogP contribution in [-0.2, 0) is 5.41 Å². The number of rotatable bonds is 3. The van der Waals surface area contributed by atoms with E-state index < -0.39 is 0 Å². The SMILES string of the molecule is C=N/C=C(/c1cccc(C(C)(C)C)c1)C(C)C. The minimum atomic E-state index is 0.180. The summed E-state index contributed by atoms with van der Waals surface area (Å²) in [6, 6.07) is 8.71. The molecule has 0 aliphatic rings. The van der Waals surface area contributed by atoms with Crippen molar-refractivity contribution in [2.24, 2.45) is 10.9 Å². The maximum atomic E-state index is 3.91. The maximum Gasteiger partial charge on any atom is 0.0301 e. The molecule has 0 N–H and O–H groups in total. The van der Waals surface area contributed by atoms with Crippen molar-refractivity contribution >= 4 is 12.3 Å². The standard InChI is InChI=1S/C16H23N/c1-12(2)15(11-17-6)13-8-7-9-14(10-13)16(3,4)5/h7-12H,6H2,1-5H3/b15-11+. The van der Waals surface area contributed by atoms with E-state index in [2.05, 4.69) is 70.6 Å². The molecule has 1 heteroatoms. The van der Waals surface area contributed by atoms with E-state index in [9.17, 15) is 0 Å². The molecule has 0 fully saturated rings. The first kappa shape index (κ1) is 13.7. The van der Waals surface area contributed by atoms with Crippen LogP contribution in [0.3, 0.4) is 0 Å². The molecule has 92 valence electrons. The molecule has 0 atom stereocenters. The summed E-state index contributed by atoms with van der Waals surface area (Å²) in [5.41, 5.74) is 4.02. The van der Waals surface area contributed by atoms with Crippen LogP contribution in [0.2, 0.25) is 0 Å². The predicted molar refractivity (Wildman–Crippen MR) is 77.5 cm³/mol. The zero-order chi connectivity index (χ0) is 13.1. The van der Waals surface area contributed by atoms with Crippen molar-refractivity contribution in [3.63, 3.8) is 0 Å². The van der Waals surface area contributed by atoms with Gasteiger partial charge < -0.3 is 0 Å². The topological polar surface area (TPSA) is 12.4 Å². The van der Waals surface area contributed by atoms with E-state index in [1.807, 2.05) is 6.20 Å². The van der Waals surface area contributed by atoms with Gasteiger partial charge in [-0.1, -0.05) is 58.9 Å². The highest BCUT2D eigenvalue weighted by Gasteiger charge is 2.15. The Balaban J connectivity index is 3.23. The van der Waals surface area contributed by atoms with E-state index in [0.717, 1.165) is 0 Å². The molecular weight excluding hydrogens is 206 g/mol. The molecule has 0 saturated carbocycles. The second-order valence-electron chi connectivity index (χ2n) is 5.75. The molecular formula is C16H23N. The fraction of sp³-hybridized carbons (Fsp3) is 0.438. The van der Waals surface area contributed by atoms with Crippen molar-refractivity contribution < 1.29 is 0 Å². The Kier molecular flexibility index (Phi) is 4.28. The Bertz CT molecular complexity index is 419. The van der Waals surface area contributed by atoms with E-state index in [0.29, 0.717) is 5.92 Å². The van der Waals surface area contributed by atoms with Crippen LogP contribution in [0.1, 0.15) is 45.7 Å². The lowest BCUT2D eigenvalue weighted by Crippen LogP contribution is -2.11. The van der Waals surface area contributed by atoms with Crippen LogP contribution in [0, 0.1) is 5.92 Å². The smallest absolute Gasteiger partial charge is 0.0301 e. The lowest BCUT2D eigenvalue weighted by molar-refractivity contribution is 0.590. The average molecular weight is 229 g/mol. The number of allylic oxidation sites excluding steroid dienone is 1. The van der Waals surface area contributed by atoms with Gasteiger partial charge in [-0.05, 0) is 34.8 Å². The summed E-state index contributed by atoms with van der Waals surface area (Å²) in [6.45, 7) is 14.6. The quantitative estimate of drug-likeness (QED) is 0.667. The third-order valence-corrected chi connectivity index (χ3v) is 2.91. The fourth-order valence-electron chi connectivity index (χ4n) is 1.82. The van der Waals surface area contributed by atoms with Crippen molar-refractivity contribution in [2.75, 3.05) is 0 Å². The number of hydrogen-bond donors (Lipinski definition) is 0. The van der Waals surface area contributed by atoms with Gasteiger partial charge in [-0.3, -0.25) is 4.99 Å². The summed E-state index contributed by atoms with van der Waals surface area (Å²) >= 11 is 0. The molecule has 0 saturated heterocycles. The van der Waals surface area contributed by atoms with Crippen LogP contribution in [0.5, 0.6) is 0 Å². The van der Waals surface area contributed by atoms with Gasteiger partial charge in [-0.25, -0.2) is 0 Å². The number of hydrogen-bond acceptors (Lipinski definition) is 1. The summed E-state index contributed by atoms with van der Waals surface area (Å²) in [5, 5.41) is 0. The van der Waals surface area contributed by atoms with Crippen LogP contribution >= 0.6 is 0 Å². The Morgan fingerprint density at radius 3 is 2.41 bits per heavy atom. The van der Waals surface area contributed by atoms with Crippen molar-refractivity contribution in [1.29, 1.82) is 0 Å². The molecule has 1 nitrogen and oxygen atoms in total. The van der Waals surface area contributed by atoms with E-state index in [1.165, 1.54) is 16.7 Å². The molecule has 0 aliphatic carbocycles. The van der Waals surface area contributed by atoms with Crippen LogP contribution in [-0.4, -0.2) is 6.72 Å². The first-order valence-corrected chi connectivity index (χ1v) is 6.13. The molecule has 0 radical (unpaired) electrons. The Morgan fingerprint density at radius 1 is 1.29 bits per heavy atom. The summed E-state index contributed by atoms with van der Waals surface area (Å²) < 4.78 is 0. The lowest BCUT2D eigenvalue weighted by atomic mass is 9.84. The van der Waals surface area contributed by atoms with Gasteiger partial charge >= 0.3 is 0 Å². The van der Waals surface area contributed by atoms with Crippen molar-refractivity contribution in [2.45, 2.75) is 40.0 Å². The van der Waals surface area contributed by atoms with Gasteiger partial charge in [-0.2, -0.15) is 0 Å². The van der Waals surface area contributed by atoms with E-state index >= 15 is 0 Å². The number of nitrogens with zero attached hydrogens (tertiary/aromatic N) is 1. The number of benzene rings is 1. The fourth-order valence-corrected chi connectivity index (χ4v) is 1.82. The van der Waals surface area contributed by atoms with Crippen LogP contribution < -0.4 is 0 Å². The monoisotopic (exact) mass is 229 g/mol. The molecule has 17 heavy (non-hydrogen) atoms. The second-order valence-corrected chi connectivity index (χ2v) is 5.75. The molecule has 1 rings (SSSR count). The zero-order valence-electron chi connectivity index (χ0n) is 11.6. The molecule has 0 spiro atoms. The van der Waals surface area contributed by atoms with E-state index in [1.54, 1.807) is 0 Å². The summed E-state index contributed by atoms with van der Waals surface area (Å²) in [7, 11) is 0. The van der Waals surface area contributed by atoms with Gasteiger partial charge in [0.15, 0.2) is 0 Å². The summed E-state index contributed by atoms with van der Waals surface area (Å²) in [4.78, 5) is 3.91. The van der Waals surface area contributed by atoms with Crippen molar-refractivity contribution in [3.05, 3.63) is 41.6 Å². The molecule has 0 amide bonds. The van der Waals surface area contributed by atoms with Crippen molar-refractivity contribution in [1.82, 2.24) is 0 Å². The largest absolute Gasteiger partial charge is 0.272 e. The van der Waals surface area contributed by atoms with Crippen molar-refractivity contribution in [3.8, 4) is 0 Å². The van der Waals surface area contributed by atoms with Gasteiger partial charge in [-0.15, -0.1) is 0 Å². The first-order valence-electron chi connectivity index (χ1n) is 6.13. The molecule has 0 bridgehead atoms. The summed E-state index contributed by atoms with van der Waals surface area (Å²) in [5.74, 6) is 0.454. The highest BCUT2D eigenvalue weighted by Crippen LogP contribution is 2.28. The highest BCUT2D eigenvalue weighted by atomic mass is 14.6. The van der Waals surface area contributed by atoms with Gasteiger partial charge in [0.2, 0.25) is 0 Å². The van der Waals surface area contributed by atoms with Gasteiger partial charge in [0.05, 0.1) is 0 Å². The Hall–Kier alpha value is -1.37. The van der Waals surface area contributed by atoms with Gasteiger partial charge in [0.25, 0.3) is 0 Å². The molecule has 1 aromatic rings. The average Bonchev–Trinajstić information content (AvgIpc) is 2.24. The van der Waals surface area contributed by atoms with Gasteiger partial charge in [0, 0.05) is 6.20 Å². The Morgan fingerprint density at radius 2 is 1.94 bits per heavy atom. The molecule has 1 aromatic carbocycles. The zero-order valence-corrected chi connectivity index (χ0v) is 11.6. The van der Waals surface area contributed by atoms with E-state index in [4.69, 9.17) is 0 Å². The lowest BCUT2D eigenvalue weighted by Gasteiger charge is -2.21. The molecule has 0 aliphatic heterocycles. The highest BCUT2D eigenvalue weighted by molar-refractivity contribution is 5.68. The minimum Gasteiger partial charge on any atom is -0.272 e. The van der Waals surface area contributed by atoms with Crippen LogP contribution in [0.4, 0.5) is 0 Å². The van der Waals surface area contributed by atoms with Crippen LogP contribution in [0.25, 0.3) is 5.57 Å². The third-order valence-electron chi connectivity index (χ3n) is 2.91. The predicted octanol–water partition coefficient (Wildman–Crippen LogP) is 4.68. The normalized spacial score (nSPS) is 12.9. The second kappa shape index (κ2) is 5.31. The molecule has 0 aromatic heterocycles.